The first-order valence-electron chi connectivity index (χ1n) is 5.39. The van der Waals surface area contributed by atoms with Crippen molar-refractivity contribution in [1.82, 2.24) is 9.88 Å². The molecule has 1 amide bonds. The average Bonchev–Trinajstić information content (AvgIpc) is 2.93. The van der Waals surface area contributed by atoms with Gasteiger partial charge in [-0.05, 0) is 41.8 Å². The summed E-state index contributed by atoms with van der Waals surface area (Å²) in [4.78, 5) is 12.0. The van der Waals surface area contributed by atoms with Gasteiger partial charge in [0.1, 0.15) is 5.69 Å². The summed E-state index contributed by atoms with van der Waals surface area (Å²) in [6.45, 7) is 2.76. The lowest BCUT2D eigenvalue weighted by atomic mass is 10.2. The number of hydrogen-bond donors (Lipinski definition) is 2. The molecule has 0 aliphatic heterocycles. The van der Waals surface area contributed by atoms with Crippen molar-refractivity contribution in [3.05, 3.63) is 22.4 Å². The van der Waals surface area contributed by atoms with Gasteiger partial charge in [-0.3, -0.25) is 4.79 Å². The third kappa shape index (κ3) is 2.15. The van der Waals surface area contributed by atoms with Gasteiger partial charge in [0.15, 0.2) is 0 Å². The second kappa shape index (κ2) is 4.22. The van der Waals surface area contributed by atoms with Crippen LogP contribution in [-0.2, 0) is 6.54 Å². The molecule has 0 aromatic carbocycles. The van der Waals surface area contributed by atoms with Gasteiger partial charge < -0.3 is 15.0 Å². The van der Waals surface area contributed by atoms with Crippen LogP contribution in [0.3, 0.4) is 0 Å². The van der Waals surface area contributed by atoms with Crippen LogP contribution in [0.15, 0.2) is 16.7 Å². The van der Waals surface area contributed by atoms with Crippen molar-refractivity contribution in [3.63, 3.8) is 0 Å². The van der Waals surface area contributed by atoms with Crippen molar-refractivity contribution in [3.8, 4) is 0 Å². The van der Waals surface area contributed by atoms with Crippen LogP contribution in [0.2, 0.25) is 0 Å². The van der Waals surface area contributed by atoms with Crippen LogP contribution in [-0.4, -0.2) is 27.7 Å². The van der Waals surface area contributed by atoms with Crippen LogP contribution in [0.4, 0.5) is 0 Å². The number of carbonyl (C=O) groups excluding carboxylic acids is 1. The van der Waals surface area contributed by atoms with E-state index in [1.165, 1.54) is 0 Å². The van der Waals surface area contributed by atoms with Gasteiger partial charge in [-0.2, -0.15) is 0 Å². The van der Waals surface area contributed by atoms with Gasteiger partial charge in [0.05, 0.1) is 12.1 Å². The summed E-state index contributed by atoms with van der Waals surface area (Å²) in [6.07, 6.45) is 3.61. The van der Waals surface area contributed by atoms with E-state index in [0.29, 0.717) is 5.69 Å². The molecule has 0 atom stereocenters. The van der Waals surface area contributed by atoms with Gasteiger partial charge in [-0.1, -0.05) is 0 Å². The molecule has 2 rings (SSSR count). The predicted molar refractivity (Wildman–Crippen MR) is 64.3 cm³/mol. The summed E-state index contributed by atoms with van der Waals surface area (Å²) >= 11 is 3.35. The summed E-state index contributed by atoms with van der Waals surface area (Å²) < 4.78 is 2.78. The van der Waals surface area contributed by atoms with E-state index in [4.69, 9.17) is 5.11 Å². The van der Waals surface area contributed by atoms with Gasteiger partial charge in [-0.15, -0.1) is 0 Å². The molecule has 1 aliphatic rings. The first-order valence-corrected chi connectivity index (χ1v) is 6.18. The normalized spacial score (nSPS) is 17.2. The Labute approximate surface area is 103 Å². The molecule has 1 aromatic heterocycles. The first-order chi connectivity index (χ1) is 7.60. The number of rotatable bonds is 4. The maximum absolute atomic E-state index is 12.0. The van der Waals surface area contributed by atoms with E-state index in [-0.39, 0.29) is 18.1 Å². The molecule has 16 heavy (non-hydrogen) atoms. The fraction of sp³-hybridized carbons (Fsp3) is 0.545. The number of aromatic nitrogens is 1. The lowest BCUT2D eigenvalue weighted by Crippen LogP contribution is -2.40. The monoisotopic (exact) mass is 286 g/mol. The zero-order valence-corrected chi connectivity index (χ0v) is 10.7. The minimum Gasteiger partial charge on any atom is -0.394 e. The average molecular weight is 287 g/mol. The second-order valence-corrected chi connectivity index (χ2v) is 5.14. The predicted octanol–water partition coefficient (Wildman–Crippen LogP) is 1.53. The number of aliphatic hydroxyl groups excluding tert-OH is 1. The maximum atomic E-state index is 12.0. The molecule has 2 N–H and O–H groups in total. The van der Waals surface area contributed by atoms with E-state index in [2.05, 4.69) is 21.2 Å². The van der Waals surface area contributed by atoms with Crippen molar-refractivity contribution < 1.29 is 9.90 Å². The highest BCUT2D eigenvalue weighted by Gasteiger charge is 2.43. The highest BCUT2D eigenvalue weighted by atomic mass is 79.9. The van der Waals surface area contributed by atoms with Crippen LogP contribution in [0, 0.1) is 0 Å². The Kier molecular flexibility index (Phi) is 3.08. The van der Waals surface area contributed by atoms with Crippen LogP contribution >= 0.6 is 15.9 Å². The highest BCUT2D eigenvalue weighted by molar-refractivity contribution is 9.10. The number of carbonyl (C=O) groups is 1. The SMILES string of the molecule is CCn1cc(Br)cc1C(=O)NC1(CO)CC1. The molecule has 0 saturated heterocycles. The minimum absolute atomic E-state index is 0.0206. The van der Waals surface area contributed by atoms with Gasteiger partial charge in [0.2, 0.25) is 0 Å². The van der Waals surface area contributed by atoms with Crippen molar-refractivity contribution in [2.75, 3.05) is 6.61 Å². The van der Waals surface area contributed by atoms with Crippen LogP contribution in [0.5, 0.6) is 0 Å². The standard InChI is InChI=1S/C11H15BrN2O2/c1-2-14-6-8(12)5-9(14)10(16)13-11(7-15)3-4-11/h5-6,15H,2-4,7H2,1H3,(H,13,16). The quantitative estimate of drug-likeness (QED) is 0.882. The molecular weight excluding hydrogens is 272 g/mol. The van der Waals surface area contributed by atoms with Crippen LogP contribution in [0.1, 0.15) is 30.3 Å². The van der Waals surface area contributed by atoms with Crippen molar-refractivity contribution >= 4 is 21.8 Å². The number of hydrogen-bond acceptors (Lipinski definition) is 2. The van der Waals surface area contributed by atoms with Gasteiger partial charge in [-0.25, -0.2) is 0 Å². The van der Waals surface area contributed by atoms with Crippen LogP contribution < -0.4 is 5.32 Å². The Morgan fingerprint density at radius 1 is 1.69 bits per heavy atom. The number of amides is 1. The molecule has 1 aliphatic carbocycles. The third-order valence-electron chi connectivity index (χ3n) is 2.97. The van der Waals surface area contributed by atoms with Crippen molar-refractivity contribution in [1.29, 1.82) is 0 Å². The molecule has 0 spiro atoms. The largest absolute Gasteiger partial charge is 0.394 e. The molecule has 5 heteroatoms. The summed E-state index contributed by atoms with van der Waals surface area (Å²) in [5, 5.41) is 12.0. The Bertz CT molecular complexity index is 410. The molecule has 0 radical (unpaired) electrons. The summed E-state index contributed by atoms with van der Waals surface area (Å²) in [5.41, 5.74) is 0.279. The molecule has 1 aromatic rings. The van der Waals surface area contributed by atoms with Gasteiger partial charge in [0.25, 0.3) is 5.91 Å². The molecule has 1 saturated carbocycles. The number of nitrogens with zero attached hydrogens (tertiary/aromatic N) is 1. The molecule has 1 fully saturated rings. The summed E-state index contributed by atoms with van der Waals surface area (Å²) in [5.74, 6) is -0.112. The number of aryl methyl sites for hydroxylation is 1. The lowest BCUT2D eigenvalue weighted by Gasteiger charge is -2.14. The van der Waals surface area contributed by atoms with Crippen molar-refractivity contribution in [2.45, 2.75) is 31.8 Å². The van der Waals surface area contributed by atoms with E-state index in [1.807, 2.05) is 17.7 Å². The van der Waals surface area contributed by atoms with E-state index in [0.717, 1.165) is 23.9 Å². The minimum atomic E-state index is -0.355. The molecular formula is C11H15BrN2O2. The Morgan fingerprint density at radius 3 is 2.88 bits per heavy atom. The van der Waals surface area contributed by atoms with E-state index in [1.54, 1.807) is 6.07 Å². The zero-order valence-electron chi connectivity index (χ0n) is 9.16. The van der Waals surface area contributed by atoms with Gasteiger partial charge >= 0.3 is 0 Å². The van der Waals surface area contributed by atoms with E-state index in [9.17, 15) is 4.79 Å². The first kappa shape index (κ1) is 11.7. The zero-order chi connectivity index (χ0) is 11.8. The smallest absolute Gasteiger partial charge is 0.268 e. The Morgan fingerprint density at radius 2 is 2.38 bits per heavy atom. The third-order valence-corrected chi connectivity index (χ3v) is 3.41. The topological polar surface area (TPSA) is 54.3 Å². The Balaban J connectivity index is 2.14. The highest BCUT2D eigenvalue weighted by Crippen LogP contribution is 2.34. The van der Waals surface area contributed by atoms with E-state index >= 15 is 0 Å². The fourth-order valence-electron chi connectivity index (χ4n) is 1.71. The molecule has 88 valence electrons. The summed E-state index contributed by atoms with van der Waals surface area (Å²) in [6, 6.07) is 1.80. The molecule has 1 heterocycles. The number of halogens is 1. The lowest BCUT2D eigenvalue weighted by molar-refractivity contribution is 0.0897. The van der Waals surface area contributed by atoms with E-state index < -0.39 is 0 Å². The van der Waals surface area contributed by atoms with Gasteiger partial charge in [0, 0.05) is 17.2 Å². The number of nitrogens with one attached hydrogen (secondary N) is 1. The van der Waals surface area contributed by atoms with Crippen LogP contribution in [0.25, 0.3) is 0 Å². The molecule has 4 nitrogen and oxygen atoms in total. The fourth-order valence-corrected chi connectivity index (χ4v) is 2.17. The molecule has 0 unspecified atom stereocenters. The second-order valence-electron chi connectivity index (χ2n) is 4.22. The summed E-state index contributed by atoms with van der Waals surface area (Å²) in [7, 11) is 0. The van der Waals surface area contributed by atoms with Crippen molar-refractivity contribution in [2.24, 2.45) is 0 Å². The Hall–Kier alpha value is -0.810. The molecule has 0 bridgehead atoms. The maximum Gasteiger partial charge on any atom is 0.268 e. The number of aliphatic hydroxyl groups is 1.